The predicted molar refractivity (Wildman–Crippen MR) is 95.2 cm³/mol. The molecule has 0 amide bonds. The van der Waals surface area contributed by atoms with Crippen LogP contribution in [0.25, 0.3) is 4.91 Å². The zero-order chi connectivity index (χ0) is 19.1. The number of thioether (sulfide) groups is 1. The Balaban J connectivity index is 2.14. The van der Waals surface area contributed by atoms with Gasteiger partial charge in [-0.1, -0.05) is 0 Å². The number of fused-ring (bicyclic) bond motifs is 2. The molecule has 0 N–H and O–H groups in total. The molecule has 0 atom stereocenters. The first-order chi connectivity index (χ1) is 12.3. The molecule has 2 aliphatic heterocycles. The number of rotatable bonds is 5. The highest BCUT2D eigenvalue weighted by Gasteiger charge is 2.53. The van der Waals surface area contributed by atoms with Crippen molar-refractivity contribution >= 4 is 41.8 Å². The van der Waals surface area contributed by atoms with Gasteiger partial charge in [-0.25, -0.2) is 9.59 Å². The van der Waals surface area contributed by atoms with Crippen LogP contribution in [0.4, 0.5) is 8.63 Å². The van der Waals surface area contributed by atoms with Crippen LogP contribution in [-0.2, 0) is 14.3 Å². The number of ether oxygens (including phenoxy) is 2. The van der Waals surface area contributed by atoms with Crippen LogP contribution < -0.4 is 0 Å². The van der Waals surface area contributed by atoms with Crippen molar-refractivity contribution in [3.05, 3.63) is 40.9 Å². The number of halogens is 2. The lowest BCUT2D eigenvalue weighted by Gasteiger charge is -2.29. The van der Waals surface area contributed by atoms with E-state index in [1.165, 1.54) is 23.9 Å². The second kappa shape index (κ2) is 6.75. The fourth-order valence-corrected chi connectivity index (χ4v) is 3.71. The normalized spacial score (nSPS) is 17.3. The minimum Gasteiger partial charge on any atom is -0.462 e. The summed E-state index contributed by atoms with van der Waals surface area (Å²) < 4.78 is 41.5. The lowest BCUT2D eigenvalue weighted by molar-refractivity contribution is -0.356. The molecule has 0 spiro atoms. The topological polar surface area (TPSA) is 60.5 Å². The van der Waals surface area contributed by atoms with E-state index in [2.05, 4.69) is 0 Å². The smallest absolute Gasteiger partial charge is 0.462 e. The SMILES string of the molecule is CCOC(=O)C1=CC2=C(SC)c3cc(C(=O)OCC)cn3[B-](F)(F)[N+]2=C1. The zero-order valence-electron chi connectivity index (χ0n) is 14.5. The highest BCUT2D eigenvalue weighted by atomic mass is 32.2. The molecule has 2 aliphatic rings. The number of allylic oxidation sites excluding steroid dienone is 1. The lowest BCUT2D eigenvalue weighted by Crippen LogP contribution is -2.49. The summed E-state index contributed by atoms with van der Waals surface area (Å²) in [7, 11) is 0. The van der Waals surface area contributed by atoms with Crippen molar-refractivity contribution in [1.82, 2.24) is 4.48 Å². The van der Waals surface area contributed by atoms with E-state index in [-0.39, 0.29) is 35.7 Å². The first-order valence-electron chi connectivity index (χ1n) is 8.07. The van der Waals surface area contributed by atoms with Gasteiger partial charge < -0.3 is 27.1 Å². The van der Waals surface area contributed by atoms with Crippen LogP contribution >= 0.6 is 11.8 Å². The Morgan fingerprint density at radius 2 is 1.88 bits per heavy atom. The Kier molecular flexibility index (Phi) is 4.79. The average Bonchev–Trinajstić information content (AvgIpc) is 3.22. The second-order valence-electron chi connectivity index (χ2n) is 5.61. The van der Waals surface area contributed by atoms with E-state index in [4.69, 9.17) is 9.47 Å². The largest absolute Gasteiger partial charge is 0.737 e. The first-order valence-corrected chi connectivity index (χ1v) is 9.29. The quantitative estimate of drug-likeness (QED) is 0.579. The van der Waals surface area contributed by atoms with Crippen LogP contribution in [0.1, 0.15) is 29.9 Å². The van der Waals surface area contributed by atoms with Gasteiger partial charge in [0.2, 0.25) is 0 Å². The summed E-state index contributed by atoms with van der Waals surface area (Å²) in [5, 5.41) is 0. The van der Waals surface area contributed by atoms with Gasteiger partial charge in [0.1, 0.15) is 11.8 Å². The maximum Gasteiger partial charge on any atom is 0.737 e. The maximum absolute atomic E-state index is 15.1. The van der Waals surface area contributed by atoms with Gasteiger partial charge in [-0.15, -0.1) is 11.8 Å². The van der Waals surface area contributed by atoms with E-state index in [1.807, 2.05) is 0 Å². The molecule has 0 saturated heterocycles. The van der Waals surface area contributed by atoms with Crippen LogP contribution in [0.5, 0.6) is 0 Å². The minimum atomic E-state index is -4.26. The number of aromatic nitrogens is 1. The van der Waals surface area contributed by atoms with Gasteiger partial charge in [-0.05, 0) is 32.4 Å². The summed E-state index contributed by atoms with van der Waals surface area (Å²) in [4.78, 5) is 24.4. The molecular formula is C16H17BF2N2O4S. The monoisotopic (exact) mass is 382 g/mol. The van der Waals surface area contributed by atoms with Crippen LogP contribution in [0.3, 0.4) is 0 Å². The summed E-state index contributed by atoms with van der Waals surface area (Å²) in [5.41, 5.74) is 0.552. The summed E-state index contributed by atoms with van der Waals surface area (Å²) in [6.45, 7) is -0.653. The highest BCUT2D eigenvalue weighted by Crippen LogP contribution is 2.41. The Bertz CT molecular complexity index is 889. The van der Waals surface area contributed by atoms with Crippen LogP contribution in [0, 0.1) is 0 Å². The third kappa shape index (κ3) is 2.78. The summed E-state index contributed by atoms with van der Waals surface area (Å²) in [6.07, 6.45) is 5.32. The van der Waals surface area contributed by atoms with E-state index in [0.717, 1.165) is 21.4 Å². The molecule has 0 bridgehead atoms. The third-order valence-corrected chi connectivity index (χ3v) is 4.88. The minimum absolute atomic E-state index is 0.0614. The number of esters is 2. The van der Waals surface area contributed by atoms with Crippen LogP contribution in [0.2, 0.25) is 0 Å². The van der Waals surface area contributed by atoms with Gasteiger partial charge in [0.15, 0.2) is 5.70 Å². The Morgan fingerprint density at radius 3 is 2.50 bits per heavy atom. The fraction of sp³-hybridized carbons (Fsp3) is 0.312. The number of carbonyl (C=O) groups excluding carboxylic acids is 2. The molecule has 1 aromatic heterocycles. The first kappa shape index (κ1) is 18.4. The standard InChI is InChI=1S/C16H17BF2N2O4S/c1-4-24-15(22)10-6-12-14(26-3)13-7-11(16(23)25-5-2)9-21(13)17(18,19)20(12)8-10/h6-9H,4-5H2,1-3H3. The van der Waals surface area contributed by atoms with Crippen molar-refractivity contribution in [2.24, 2.45) is 0 Å². The molecule has 0 aromatic carbocycles. The van der Waals surface area contributed by atoms with Crippen molar-refractivity contribution < 1.29 is 32.2 Å². The number of nitrogens with zero attached hydrogens (tertiary/aromatic N) is 2. The molecule has 26 heavy (non-hydrogen) atoms. The summed E-state index contributed by atoms with van der Waals surface area (Å²) in [6, 6.07) is 1.39. The average molecular weight is 382 g/mol. The van der Waals surface area contributed by atoms with Crippen LogP contribution in [0.15, 0.2) is 29.6 Å². The highest BCUT2D eigenvalue weighted by molar-refractivity contribution is 8.07. The van der Waals surface area contributed by atoms with Gasteiger partial charge in [-0.3, -0.25) is 0 Å². The van der Waals surface area contributed by atoms with Crippen molar-refractivity contribution in [3.63, 3.8) is 0 Å². The summed E-state index contributed by atoms with van der Waals surface area (Å²) >= 11 is 1.26. The predicted octanol–water partition coefficient (Wildman–Crippen LogP) is 2.52. The fourth-order valence-electron chi connectivity index (χ4n) is 2.96. The number of carbonyl (C=O) groups is 2. The molecular weight excluding hydrogens is 365 g/mol. The summed E-state index contributed by atoms with van der Waals surface area (Å²) in [5.74, 6) is -1.31. The van der Waals surface area contributed by atoms with Crippen LogP contribution in [-0.4, -0.2) is 53.6 Å². The molecule has 0 saturated carbocycles. The molecule has 0 unspecified atom stereocenters. The van der Waals surface area contributed by atoms with Crippen molar-refractivity contribution in [2.75, 3.05) is 19.5 Å². The zero-order valence-corrected chi connectivity index (χ0v) is 15.3. The molecule has 6 nitrogen and oxygen atoms in total. The van der Waals surface area contributed by atoms with Gasteiger partial charge >= 0.3 is 18.9 Å². The molecule has 3 heterocycles. The third-order valence-electron chi connectivity index (χ3n) is 4.06. The maximum atomic E-state index is 15.1. The van der Waals surface area contributed by atoms with Gasteiger partial charge in [-0.2, -0.15) is 0 Å². The molecule has 138 valence electrons. The van der Waals surface area contributed by atoms with Gasteiger partial charge in [0.25, 0.3) is 0 Å². The molecule has 0 fully saturated rings. The lowest BCUT2D eigenvalue weighted by atomic mass is 9.92. The Morgan fingerprint density at radius 1 is 1.23 bits per heavy atom. The van der Waals surface area contributed by atoms with Crippen molar-refractivity contribution in [3.8, 4) is 0 Å². The molecule has 0 radical (unpaired) electrons. The van der Waals surface area contributed by atoms with E-state index < -0.39 is 18.9 Å². The number of hydrogen-bond acceptors (Lipinski definition) is 5. The van der Waals surface area contributed by atoms with Crippen molar-refractivity contribution in [1.29, 1.82) is 0 Å². The number of hydrogen-bond donors (Lipinski definition) is 0. The van der Waals surface area contributed by atoms with E-state index in [9.17, 15) is 9.59 Å². The van der Waals surface area contributed by atoms with E-state index in [1.54, 1.807) is 20.1 Å². The molecule has 1 aromatic rings. The molecule has 3 rings (SSSR count). The molecule has 0 aliphatic carbocycles. The Labute approximate surface area is 153 Å². The van der Waals surface area contributed by atoms with Gasteiger partial charge in [0, 0.05) is 11.8 Å². The molecule has 10 heteroatoms. The Hall–Kier alpha value is -2.36. The van der Waals surface area contributed by atoms with Crippen molar-refractivity contribution in [2.45, 2.75) is 13.8 Å². The second-order valence-corrected chi connectivity index (χ2v) is 6.42. The van der Waals surface area contributed by atoms with E-state index >= 15 is 8.63 Å². The van der Waals surface area contributed by atoms with E-state index in [0.29, 0.717) is 4.91 Å². The van der Waals surface area contributed by atoms with Gasteiger partial charge in [0.05, 0.1) is 23.7 Å².